The lowest BCUT2D eigenvalue weighted by atomic mass is 10.1. The van der Waals surface area contributed by atoms with Gasteiger partial charge in [-0.3, -0.25) is 9.78 Å². The fraction of sp³-hybridized carbons (Fsp3) is 0.375. The van der Waals surface area contributed by atoms with Crippen molar-refractivity contribution in [1.82, 2.24) is 19.9 Å². The van der Waals surface area contributed by atoms with E-state index in [1.807, 2.05) is 13.0 Å². The number of rotatable bonds is 5. The molecule has 6 rings (SSSR count). The van der Waals surface area contributed by atoms with E-state index < -0.39 is 30.1 Å². The number of nitrogens with one attached hydrogen (secondary N) is 1. The van der Waals surface area contributed by atoms with Gasteiger partial charge in [0.25, 0.3) is 6.43 Å². The smallest absolute Gasteiger partial charge is 0.281 e. The molecule has 0 unspecified atom stereocenters. The Balaban J connectivity index is 1.40. The zero-order chi connectivity index (χ0) is 25.0. The van der Waals surface area contributed by atoms with Gasteiger partial charge in [-0.15, -0.1) is 0 Å². The summed E-state index contributed by atoms with van der Waals surface area (Å²) < 4.78 is 52.1. The van der Waals surface area contributed by atoms with Crippen molar-refractivity contribution in [2.24, 2.45) is 5.92 Å². The molecule has 4 aromatic heterocycles. The number of nitrogens with zero attached hydrogens (tertiary/aromatic N) is 5. The lowest BCUT2D eigenvalue weighted by Crippen LogP contribution is -2.41. The molecule has 2 fully saturated rings. The maximum atomic E-state index is 13.7. The van der Waals surface area contributed by atoms with E-state index in [0.29, 0.717) is 41.9 Å². The highest BCUT2D eigenvalue weighted by Crippen LogP contribution is 2.37. The van der Waals surface area contributed by atoms with Crippen LogP contribution in [0.3, 0.4) is 0 Å². The summed E-state index contributed by atoms with van der Waals surface area (Å²) in [5.74, 6) is -0.248. The number of ether oxygens (including phenoxy) is 1. The van der Waals surface area contributed by atoms with Gasteiger partial charge in [0.2, 0.25) is 17.4 Å². The predicted molar refractivity (Wildman–Crippen MR) is 125 cm³/mol. The van der Waals surface area contributed by atoms with E-state index >= 15 is 0 Å². The first-order valence-corrected chi connectivity index (χ1v) is 11.5. The molecule has 1 saturated heterocycles. The molecule has 0 aromatic carbocycles. The molecule has 0 radical (unpaired) electrons. The second kappa shape index (κ2) is 8.70. The van der Waals surface area contributed by atoms with Gasteiger partial charge in [-0.1, -0.05) is 0 Å². The minimum atomic E-state index is -2.84. The van der Waals surface area contributed by atoms with E-state index in [-0.39, 0.29) is 29.6 Å². The van der Waals surface area contributed by atoms with E-state index in [1.54, 1.807) is 6.07 Å². The molecule has 36 heavy (non-hydrogen) atoms. The summed E-state index contributed by atoms with van der Waals surface area (Å²) in [5, 5.41) is 2.95. The zero-order valence-corrected chi connectivity index (χ0v) is 19.1. The number of halogens is 3. The van der Waals surface area contributed by atoms with Crippen LogP contribution in [0.1, 0.15) is 25.5 Å². The number of alkyl halides is 3. The van der Waals surface area contributed by atoms with Gasteiger partial charge in [0.05, 0.1) is 24.2 Å². The monoisotopic (exact) mass is 498 g/mol. The summed E-state index contributed by atoms with van der Waals surface area (Å²) in [6, 6.07) is 5.03. The Morgan fingerprint density at radius 2 is 2.03 bits per heavy atom. The third kappa shape index (κ3) is 4.11. The van der Waals surface area contributed by atoms with Crippen molar-refractivity contribution in [3.63, 3.8) is 0 Å². The van der Waals surface area contributed by atoms with Gasteiger partial charge in [-0.05, 0) is 31.5 Å². The molecule has 1 amide bonds. The maximum Gasteiger partial charge on any atom is 0.281 e. The fourth-order valence-electron chi connectivity index (χ4n) is 4.35. The molecule has 1 saturated carbocycles. The van der Waals surface area contributed by atoms with Gasteiger partial charge < -0.3 is 19.4 Å². The number of aromatic nitrogens is 4. The predicted octanol–water partition coefficient (Wildman–Crippen LogP) is 4.29. The Hall–Kier alpha value is -3.80. The Labute approximate surface area is 202 Å². The van der Waals surface area contributed by atoms with Gasteiger partial charge in [-0.2, -0.15) is 4.98 Å². The Morgan fingerprint density at radius 1 is 1.19 bits per heavy atom. The van der Waals surface area contributed by atoms with Crippen LogP contribution in [0.15, 0.2) is 35.0 Å². The fourth-order valence-corrected chi connectivity index (χ4v) is 4.35. The van der Waals surface area contributed by atoms with Crippen LogP contribution in [0.4, 0.5) is 24.8 Å². The molecule has 1 aliphatic heterocycles. The SMILES string of the molecule is C[C@H]1CN(c2ccc3oc(-c4cnc(C(F)F)c5cnc(NC(=O)[C@@H]6C[C@@H]6F)cc45)nc3n2)CCO1. The van der Waals surface area contributed by atoms with Gasteiger partial charge in [0.15, 0.2) is 5.58 Å². The Kier molecular flexibility index (Phi) is 5.47. The van der Waals surface area contributed by atoms with E-state index in [0.717, 1.165) is 5.82 Å². The largest absolute Gasteiger partial charge is 0.434 e. The van der Waals surface area contributed by atoms with Crippen LogP contribution in [-0.4, -0.2) is 57.8 Å². The molecule has 1 N–H and O–H groups in total. The van der Waals surface area contributed by atoms with Crippen molar-refractivity contribution >= 4 is 39.5 Å². The first-order valence-electron chi connectivity index (χ1n) is 11.5. The zero-order valence-electron chi connectivity index (χ0n) is 19.1. The number of hydrogen-bond acceptors (Lipinski definition) is 8. The van der Waals surface area contributed by atoms with Gasteiger partial charge in [-0.25, -0.2) is 23.1 Å². The summed E-state index contributed by atoms with van der Waals surface area (Å²) in [7, 11) is 0. The molecule has 4 aromatic rings. The molecule has 186 valence electrons. The molecular formula is C24H21F3N6O3. The third-order valence-electron chi connectivity index (χ3n) is 6.34. The summed E-state index contributed by atoms with van der Waals surface area (Å²) in [4.78, 5) is 31.4. The first-order chi connectivity index (χ1) is 17.4. The summed E-state index contributed by atoms with van der Waals surface area (Å²) in [5.41, 5.74) is 0.661. The van der Waals surface area contributed by atoms with Gasteiger partial charge in [0.1, 0.15) is 23.5 Å². The topological polar surface area (TPSA) is 106 Å². The Morgan fingerprint density at radius 3 is 2.78 bits per heavy atom. The number of carbonyl (C=O) groups excluding carboxylic acids is 1. The average molecular weight is 498 g/mol. The normalized spacial score (nSPS) is 21.9. The van der Waals surface area contributed by atoms with E-state index in [9.17, 15) is 18.0 Å². The van der Waals surface area contributed by atoms with E-state index in [1.165, 1.54) is 18.5 Å². The van der Waals surface area contributed by atoms with Crippen LogP contribution in [0, 0.1) is 5.92 Å². The number of pyridine rings is 3. The average Bonchev–Trinajstić information content (AvgIpc) is 3.45. The van der Waals surface area contributed by atoms with Crippen LogP contribution in [0.25, 0.3) is 33.5 Å². The highest BCUT2D eigenvalue weighted by molar-refractivity contribution is 6.00. The number of anilines is 2. The number of morpholine rings is 1. The number of amides is 1. The number of fused-ring (bicyclic) bond motifs is 2. The number of carbonyl (C=O) groups is 1. The molecule has 2 aliphatic rings. The number of hydrogen-bond donors (Lipinski definition) is 1. The van der Waals surface area contributed by atoms with Crippen molar-refractivity contribution in [2.75, 3.05) is 29.9 Å². The minimum Gasteiger partial charge on any atom is -0.434 e. The Bertz CT molecular complexity index is 1480. The molecule has 3 atom stereocenters. The van der Waals surface area contributed by atoms with Crippen molar-refractivity contribution in [3.05, 3.63) is 36.3 Å². The van der Waals surface area contributed by atoms with Crippen LogP contribution in [0.5, 0.6) is 0 Å². The molecule has 9 nitrogen and oxygen atoms in total. The van der Waals surface area contributed by atoms with Crippen LogP contribution >= 0.6 is 0 Å². The van der Waals surface area contributed by atoms with Crippen molar-refractivity contribution in [3.8, 4) is 11.5 Å². The third-order valence-corrected chi connectivity index (χ3v) is 6.34. The van der Waals surface area contributed by atoms with Gasteiger partial charge >= 0.3 is 0 Å². The van der Waals surface area contributed by atoms with Crippen molar-refractivity contribution in [2.45, 2.75) is 32.0 Å². The van der Waals surface area contributed by atoms with Crippen molar-refractivity contribution < 1.29 is 27.1 Å². The molecule has 1 aliphatic carbocycles. The lowest BCUT2D eigenvalue weighted by Gasteiger charge is -2.31. The highest BCUT2D eigenvalue weighted by Gasteiger charge is 2.43. The van der Waals surface area contributed by atoms with E-state index in [2.05, 4.69) is 30.2 Å². The second-order valence-corrected chi connectivity index (χ2v) is 8.96. The summed E-state index contributed by atoms with van der Waals surface area (Å²) >= 11 is 0. The molecular weight excluding hydrogens is 477 g/mol. The molecule has 5 heterocycles. The molecule has 12 heteroatoms. The quantitative estimate of drug-likeness (QED) is 0.434. The van der Waals surface area contributed by atoms with Crippen LogP contribution < -0.4 is 10.2 Å². The highest BCUT2D eigenvalue weighted by atomic mass is 19.3. The van der Waals surface area contributed by atoms with E-state index in [4.69, 9.17) is 9.15 Å². The molecule has 0 spiro atoms. The number of oxazole rings is 1. The minimum absolute atomic E-state index is 0.0777. The summed E-state index contributed by atoms with van der Waals surface area (Å²) in [6.07, 6.45) is -1.32. The maximum absolute atomic E-state index is 13.7. The van der Waals surface area contributed by atoms with Crippen LogP contribution in [0.2, 0.25) is 0 Å². The molecule has 0 bridgehead atoms. The van der Waals surface area contributed by atoms with Crippen LogP contribution in [-0.2, 0) is 9.53 Å². The standard InChI is InChI=1S/C24H21F3N6O3/c1-11-10-33(4-5-35-11)19-3-2-17-22(31-19)32-24(36-17)15-9-29-20(21(26)27)14-8-28-18(7-12(14)15)30-23(34)13-6-16(13)25/h2-3,7-9,11,13,16,21H,4-6,10H2,1H3,(H,28,30,34)/t11-,13+,16-/m0/s1. The first kappa shape index (κ1) is 22.7. The van der Waals surface area contributed by atoms with Gasteiger partial charge in [0, 0.05) is 36.3 Å². The second-order valence-electron chi connectivity index (χ2n) is 8.96. The summed E-state index contributed by atoms with van der Waals surface area (Å²) in [6.45, 7) is 3.98. The lowest BCUT2D eigenvalue weighted by molar-refractivity contribution is -0.117. The van der Waals surface area contributed by atoms with Crippen molar-refractivity contribution in [1.29, 1.82) is 0 Å².